The largest absolute Gasteiger partial charge is 0.348 e. The minimum Gasteiger partial charge on any atom is -0.348 e. The van der Waals surface area contributed by atoms with E-state index < -0.39 is 0 Å². The Hall–Kier alpha value is -1.12. The van der Waals surface area contributed by atoms with Crippen LogP contribution in [-0.4, -0.2) is 16.3 Å². The number of nitrogens with one attached hydrogen (secondary N) is 1. The van der Waals surface area contributed by atoms with Crippen LogP contribution in [0, 0.1) is 6.92 Å². The summed E-state index contributed by atoms with van der Waals surface area (Å²) in [4.78, 5) is 17.0. The molecule has 1 aromatic heterocycles. The highest BCUT2D eigenvalue weighted by Gasteiger charge is 1.97. The van der Waals surface area contributed by atoms with Gasteiger partial charge in [-0.3, -0.25) is 0 Å². The molecule has 0 aromatic carbocycles. The van der Waals surface area contributed by atoms with E-state index in [0.29, 0.717) is 6.42 Å². The molecule has 0 unspecified atom stereocenters. The third-order valence-electron chi connectivity index (χ3n) is 1.43. The van der Waals surface area contributed by atoms with Crippen molar-refractivity contribution in [2.24, 2.45) is 0 Å². The van der Waals surface area contributed by atoms with Gasteiger partial charge in [-0.05, 0) is 13.3 Å². The molecule has 0 amide bonds. The van der Waals surface area contributed by atoms with Crippen LogP contribution in [0.1, 0.15) is 17.8 Å². The number of hydrogen-bond acceptors (Lipinski definition) is 2. The first-order valence-electron chi connectivity index (χ1n) is 3.27. The average molecular weight is 138 g/mol. The van der Waals surface area contributed by atoms with Gasteiger partial charge in [-0.1, -0.05) is 0 Å². The Morgan fingerprint density at radius 1 is 1.80 bits per heavy atom. The number of carbonyl (C=O) groups is 1. The SMILES string of the molecule is Cc1[nH]cnc1CCC=O. The van der Waals surface area contributed by atoms with Gasteiger partial charge < -0.3 is 9.78 Å². The number of nitrogens with zero attached hydrogens (tertiary/aromatic N) is 1. The van der Waals surface area contributed by atoms with Crippen LogP contribution in [0.4, 0.5) is 0 Å². The van der Waals surface area contributed by atoms with Crippen molar-refractivity contribution in [2.45, 2.75) is 19.8 Å². The Kier molecular flexibility index (Phi) is 2.20. The van der Waals surface area contributed by atoms with Gasteiger partial charge in [-0.25, -0.2) is 4.98 Å². The molecule has 3 heteroatoms. The monoisotopic (exact) mass is 138 g/mol. The zero-order chi connectivity index (χ0) is 7.40. The Morgan fingerprint density at radius 3 is 3.10 bits per heavy atom. The normalized spacial score (nSPS) is 9.70. The molecule has 0 aliphatic heterocycles. The van der Waals surface area contributed by atoms with Gasteiger partial charge in [0.1, 0.15) is 6.29 Å². The summed E-state index contributed by atoms with van der Waals surface area (Å²) in [6.07, 6.45) is 3.87. The Labute approximate surface area is 59.5 Å². The summed E-state index contributed by atoms with van der Waals surface area (Å²) in [5.74, 6) is 0. The van der Waals surface area contributed by atoms with Crippen molar-refractivity contribution in [1.82, 2.24) is 9.97 Å². The summed E-state index contributed by atoms with van der Waals surface area (Å²) in [5.41, 5.74) is 2.05. The van der Waals surface area contributed by atoms with Crippen LogP contribution >= 0.6 is 0 Å². The van der Waals surface area contributed by atoms with Gasteiger partial charge >= 0.3 is 0 Å². The van der Waals surface area contributed by atoms with Crippen molar-refractivity contribution in [3.8, 4) is 0 Å². The van der Waals surface area contributed by atoms with Crippen LogP contribution in [0.15, 0.2) is 6.33 Å². The lowest BCUT2D eigenvalue weighted by Gasteiger charge is -1.90. The lowest BCUT2D eigenvalue weighted by Crippen LogP contribution is -1.88. The second-order valence-electron chi connectivity index (χ2n) is 2.18. The van der Waals surface area contributed by atoms with E-state index in [1.807, 2.05) is 6.92 Å². The molecule has 1 aromatic rings. The van der Waals surface area contributed by atoms with Crippen LogP contribution in [-0.2, 0) is 11.2 Å². The summed E-state index contributed by atoms with van der Waals surface area (Å²) < 4.78 is 0. The van der Waals surface area contributed by atoms with Gasteiger partial charge in [0, 0.05) is 12.1 Å². The summed E-state index contributed by atoms with van der Waals surface area (Å²) in [6.45, 7) is 1.95. The van der Waals surface area contributed by atoms with Crippen molar-refractivity contribution < 1.29 is 4.79 Å². The summed E-state index contributed by atoms with van der Waals surface area (Å²) in [7, 11) is 0. The minimum atomic E-state index is 0.561. The molecule has 0 saturated carbocycles. The van der Waals surface area contributed by atoms with Crippen LogP contribution in [0.3, 0.4) is 0 Å². The first kappa shape index (κ1) is 6.99. The third-order valence-corrected chi connectivity index (χ3v) is 1.43. The van der Waals surface area contributed by atoms with Crippen LogP contribution < -0.4 is 0 Å². The average Bonchev–Trinajstić information content (AvgIpc) is 2.31. The smallest absolute Gasteiger partial charge is 0.120 e. The predicted molar refractivity (Wildman–Crippen MR) is 37.7 cm³/mol. The number of rotatable bonds is 3. The van der Waals surface area contributed by atoms with E-state index in [1.54, 1.807) is 6.33 Å². The van der Waals surface area contributed by atoms with Crippen LogP contribution in [0.5, 0.6) is 0 Å². The number of carbonyl (C=O) groups excluding carboxylic acids is 1. The van der Waals surface area contributed by atoms with E-state index in [9.17, 15) is 4.79 Å². The number of aryl methyl sites for hydroxylation is 2. The fourth-order valence-electron chi connectivity index (χ4n) is 0.835. The van der Waals surface area contributed by atoms with Crippen molar-refractivity contribution >= 4 is 6.29 Å². The molecule has 3 nitrogen and oxygen atoms in total. The molecule has 0 saturated heterocycles. The maximum Gasteiger partial charge on any atom is 0.120 e. The molecule has 54 valence electrons. The highest BCUT2D eigenvalue weighted by Crippen LogP contribution is 2.01. The van der Waals surface area contributed by atoms with E-state index in [2.05, 4.69) is 9.97 Å². The summed E-state index contributed by atoms with van der Waals surface area (Å²) in [5, 5.41) is 0. The van der Waals surface area contributed by atoms with E-state index in [1.165, 1.54) is 0 Å². The highest BCUT2D eigenvalue weighted by atomic mass is 16.1. The number of imidazole rings is 1. The quantitative estimate of drug-likeness (QED) is 0.629. The first-order valence-corrected chi connectivity index (χ1v) is 3.27. The molecule has 0 atom stereocenters. The predicted octanol–water partition coefficient (Wildman–Crippen LogP) is 0.850. The van der Waals surface area contributed by atoms with Gasteiger partial charge in [0.2, 0.25) is 0 Å². The molecule has 0 fully saturated rings. The second-order valence-corrected chi connectivity index (χ2v) is 2.18. The van der Waals surface area contributed by atoms with Crippen molar-refractivity contribution in [3.05, 3.63) is 17.7 Å². The Morgan fingerprint density at radius 2 is 2.60 bits per heavy atom. The van der Waals surface area contributed by atoms with E-state index >= 15 is 0 Å². The van der Waals surface area contributed by atoms with E-state index in [-0.39, 0.29) is 0 Å². The van der Waals surface area contributed by atoms with E-state index in [4.69, 9.17) is 0 Å². The third kappa shape index (κ3) is 1.43. The maximum atomic E-state index is 9.97. The van der Waals surface area contributed by atoms with Crippen molar-refractivity contribution in [1.29, 1.82) is 0 Å². The molecule has 0 bridgehead atoms. The Balaban J connectivity index is 2.56. The number of aldehydes is 1. The molecule has 0 aliphatic carbocycles. The first-order chi connectivity index (χ1) is 4.84. The molecule has 1 heterocycles. The standard InChI is InChI=1S/C7H10N2O/c1-6-7(3-2-4-10)9-5-8-6/h4-5H,2-3H2,1H3,(H,8,9). The fourth-order valence-corrected chi connectivity index (χ4v) is 0.835. The van der Waals surface area contributed by atoms with Crippen LogP contribution in [0.2, 0.25) is 0 Å². The van der Waals surface area contributed by atoms with Gasteiger partial charge in [-0.15, -0.1) is 0 Å². The molecule has 1 N–H and O–H groups in total. The van der Waals surface area contributed by atoms with Crippen LogP contribution in [0.25, 0.3) is 0 Å². The lowest BCUT2D eigenvalue weighted by molar-refractivity contribution is -0.107. The molecule has 0 aliphatic rings. The molecular weight excluding hydrogens is 128 g/mol. The summed E-state index contributed by atoms with van der Waals surface area (Å²) in [6, 6.07) is 0. The molecule has 10 heavy (non-hydrogen) atoms. The number of H-pyrrole nitrogens is 1. The van der Waals surface area contributed by atoms with Gasteiger partial charge in [0.15, 0.2) is 0 Å². The summed E-state index contributed by atoms with van der Waals surface area (Å²) >= 11 is 0. The number of aromatic amines is 1. The Bertz CT molecular complexity index is 217. The van der Waals surface area contributed by atoms with E-state index in [0.717, 1.165) is 24.1 Å². The topological polar surface area (TPSA) is 45.8 Å². The molecular formula is C7H10N2O. The molecule has 1 rings (SSSR count). The maximum absolute atomic E-state index is 9.97. The fraction of sp³-hybridized carbons (Fsp3) is 0.429. The second kappa shape index (κ2) is 3.15. The van der Waals surface area contributed by atoms with Gasteiger partial charge in [-0.2, -0.15) is 0 Å². The lowest BCUT2D eigenvalue weighted by atomic mass is 10.2. The van der Waals surface area contributed by atoms with Gasteiger partial charge in [0.25, 0.3) is 0 Å². The zero-order valence-electron chi connectivity index (χ0n) is 5.92. The highest BCUT2D eigenvalue weighted by molar-refractivity contribution is 5.49. The number of hydrogen-bond donors (Lipinski definition) is 1. The van der Waals surface area contributed by atoms with Crippen molar-refractivity contribution in [3.63, 3.8) is 0 Å². The molecule has 0 spiro atoms. The van der Waals surface area contributed by atoms with Crippen molar-refractivity contribution in [2.75, 3.05) is 0 Å². The zero-order valence-corrected chi connectivity index (χ0v) is 5.92. The molecule has 0 radical (unpaired) electrons. The minimum absolute atomic E-state index is 0.561. The van der Waals surface area contributed by atoms with Gasteiger partial charge in [0.05, 0.1) is 12.0 Å². The number of aromatic nitrogens is 2.